The van der Waals surface area contributed by atoms with E-state index in [0.717, 1.165) is 0 Å². The summed E-state index contributed by atoms with van der Waals surface area (Å²) in [5, 5.41) is 10.4. The van der Waals surface area contributed by atoms with Gasteiger partial charge in [-0.25, -0.2) is 0 Å². The van der Waals surface area contributed by atoms with Crippen molar-refractivity contribution in [2.75, 3.05) is 6.26 Å². The Kier molecular flexibility index (Phi) is 5.97. The maximum absolute atomic E-state index is 10.4. The average molecular weight is 199 g/mol. The molecule has 0 N–H and O–H groups in total. The molecular weight excluding hydrogens is 186 g/mol. The van der Waals surface area contributed by atoms with Crippen molar-refractivity contribution in [2.24, 2.45) is 0 Å². The number of benzene rings is 1. The Balaban J connectivity index is 0.000000671. The smallest absolute Gasteiger partial charge is 0.258 e. The number of thioether (sulfide) groups is 1. The fraction of sp³-hybridized carbons (Fsp3) is 0.333. The Bertz CT molecular complexity index is 276. The van der Waals surface area contributed by atoms with E-state index in [9.17, 15) is 10.1 Å². The zero-order valence-corrected chi connectivity index (χ0v) is 8.80. The molecule has 0 saturated heterocycles. The summed E-state index contributed by atoms with van der Waals surface area (Å²) in [6, 6.07) is 6.70. The van der Waals surface area contributed by atoms with E-state index >= 15 is 0 Å². The predicted molar refractivity (Wildman–Crippen MR) is 56.2 cm³/mol. The number of nitro benzene ring substituents is 1. The molecule has 1 aromatic rings. The van der Waals surface area contributed by atoms with E-state index in [1.165, 1.54) is 17.8 Å². The molecule has 0 radical (unpaired) electrons. The van der Waals surface area contributed by atoms with Crippen molar-refractivity contribution in [1.29, 1.82) is 0 Å². The van der Waals surface area contributed by atoms with Gasteiger partial charge < -0.3 is 0 Å². The Morgan fingerprint density at radius 2 is 1.85 bits per heavy atom. The van der Waals surface area contributed by atoms with Gasteiger partial charge in [-0.05, 0) is 12.3 Å². The van der Waals surface area contributed by atoms with Crippen molar-refractivity contribution in [2.45, 2.75) is 18.7 Å². The van der Waals surface area contributed by atoms with E-state index in [-0.39, 0.29) is 10.6 Å². The molecule has 0 saturated carbocycles. The van der Waals surface area contributed by atoms with Crippen molar-refractivity contribution in [3.8, 4) is 0 Å². The maximum Gasteiger partial charge on any atom is 0.282 e. The summed E-state index contributed by atoms with van der Waals surface area (Å²) in [7, 11) is 0. The highest BCUT2D eigenvalue weighted by Crippen LogP contribution is 2.25. The molecule has 0 bridgehead atoms. The molecule has 0 heterocycles. The first kappa shape index (κ1) is 12.0. The summed E-state index contributed by atoms with van der Waals surface area (Å²) in [4.78, 5) is 10.7. The van der Waals surface area contributed by atoms with Gasteiger partial charge in [0.05, 0.1) is 9.82 Å². The largest absolute Gasteiger partial charge is 0.282 e. The molecule has 0 atom stereocenters. The van der Waals surface area contributed by atoms with Gasteiger partial charge in [0, 0.05) is 6.07 Å². The Morgan fingerprint density at radius 3 is 2.23 bits per heavy atom. The molecule has 13 heavy (non-hydrogen) atoms. The minimum absolute atomic E-state index is 0.181. The fourth-order valence-electron chi connectivity index (χ4n) is 0.781. The van der Waals surface area contributed by atoms with Crippen molar-refractivity contribution < 1.29 is 4.92 Å². The quantitative estimate of drug-likeness (QED) is 0.417. The molecule has 0 fully saturated rings. The monoisotopic (exact) mass is 199 g/mol. The molecule has 0 aromatic heterocycles. The summed E-state index contributed by atoms with van der Waals surface area (Å²) in [5.74, 6) is 0. The Labute approximate surface area is 82.3 Å². The molecule has 72 valence electrons. The molecule has 0 amide bonds. The Morgan fingerprint density at radius 1 is 1.31 bits per heavy atom. The average Bonchev–Trinajstić information content (AvgIpc) is 2.20. The third kappa shape index (κ3) is 3.46. The van der Waals surface area contributed by atoms with Crippen LogP contribution < -0.4 is 0 Å². The molecule has 0 aliphatic carbocycles. The van der Waals surface area contributed by atoms with Crippen molar-refractivity contribution in [3.05, 3.63) is 34.4 Å². The van der Waals surface area contributed by atoms with E-state index in [1.54, 1.807) is 18.2 Å². The molecular formula is C9H13NO2S. The minimum Gasteiger partial charge on any atom is -0.258 e. The normalized spacial score (nSPS) is 8.54. The van der Waals surface area contributed by atoms with Gasteiger partial charge in [0.2, 0.25) is 0 Å². The molecule has 0 aliphatic heterocycles. The second-order valence-corrected chi connectivity index (χ2v) is 2.78. The van der Waals surface area contributed by atoms with Crippen LogP contribution in [0.3, 0.4) is 0 Å². The van der Waals surface area contributed by atoms with Gasteiger partial charge in [0.1, 0.15) is 0 Å². The first-order valence-corrected chi connectivity index (χ1v) is 5.25. The van der Waals surface area contributed by atoms with Crippen LogP contribution in [0, 0.1) is 10.1 Å². The van der Waals surface area contributed by atoms with E-state index in [0.29, 0.717) is 4.90 Å². The molecule has 3 nitrogen and oxygen atoms in total. The number of hydrogen-bond acceptors (Lipinski definition) is 3. The molecule has 1 rings (SSSR count). The topological polar surface area (TPSA) is 43.1 Å². The molecule has 1 aromatic carbocycles. The minimum atomic E-state index is -0.369. The van der Waals surface area contributed by atoms with Crippen LogP contribution in [0.15, 0.2) is 29.2 Å². The number of nitro groups is 1. The predicted octanol–water partition coefficient (Wildman–Crippen LogP) is 3.34. The summed E-state index contributed by atoms with van der Waals surface area (Å²) < 4.78 is 0. The van der Waals surface area contributed by atoms with Crippen molar-refractivity contribution in [1.82, 2.24) is 0 Å². The summed E-state index contributed by atoms with van der Waals surface area (Å²) in [6.45, 7) is 4.00. The van der Waals surface area contributed by atoms with Crippen LogP contribution in [-0.4, -0.2) is 11.2 Å². The zero-order chi connectivity index (χ0) is 10.3. The van der Waals surface area contributed by atoms with Crippen LogP contribution in [0.25, 0.3) is 0 Å². The van der Waals surface area contributed by atoms with E-state index in [1.807, 2.05) is 20.1 Å². The second-order valence-electron chi connectivity index (χ2n) is 1.93. The number of para-hydroxylation sites is 1. The van der Waals surface area contributed by atoms with Crippen LogP contribution in [0.1, 0.15) is 13.8 Å². The number of hydrogen-bond donors (Lipinski definition) is 0. The SMILES string of the molecule is CC.CSc1ccccc1[N+](=O)[O-]. The first-order valence-electron chi connectivity index (χ1n) is 4.03. The Hall–Kier alpha value is -1.03. The van der Waals surface area contributed by atoms with Crippen LogP contribution in [-0.2, 0) is 0 Å². The van der Waals surface area contributed by atoms with Gasteiger partial charge in [0.25, 0.3) is 5.69 Å². The van der Waals surface area contributed by atoms with Crippen LogP contribution in [0.5, 0.6) is 0 Å². The summed E-state index contributed by atoms with van der Waals surface area (Å²) >= 11 is 1.38. The number of nitrogens with zero attached hydrogens (tertiary/aromatic N) is 1. The lowest BCUT2D eigenvalue weighted by Crippen LogP contribution is -1.88. The highest BCUT2D eigenvalue weighted by molar-refractivity contribution is 7.98. The van der Waals surface area contributed by atoms with E-state index in [2.05, 4.69) is 0 Å². The van der Waals surface area contributed by atoms with E-state index in [4.69, 9.17) is 0 Å². The molecule has 0 unspecified atom stereocenters. The maximum atomic E-state index is 10.4. The number of rotatable bonds is 2. The van der Waals surface area contributed by atoms with Crippen molar-refractivity contribution >= 4 is 17.4 Å². The van der Waals surface area contributed by atoms with E-state index < -0.39 is 0 Å². The van der Waals surface area contributed by atoms with Crippen LogP contribution in [0.2, 0.25) is 0 Å². The van der Waals surface area contributed by atoms with Crippen LogP contribution in [0.4, 0.5) is 5.69 Å². The summed E-state index contributed by atoms with van der Waals surface area (Å²) in [6.07, 6.45) is 1.82. The van der Waals surface area contributed by atoms with Gasteiger partial charge in [-0.1, -0.05) is 26.0 Å². The third-order valence-electron chi connectivity index (χ3n) is 1.28. The van der Waals surface area contributed by atoms with Gasteiger partial charge in [-0.3, -0.25) is 10.1 Å². The van der Waals surface area contributed by atoms with Crippen molar-refractivity contribution in [3.63, 3.8) is 0 Å². The summed E-state index contributed by atoms with van der Waals surface area (Å²) in [5.41, 5.74) is 0.181. The highest BCUT2D eigenvalue weighted by atomic mass is 32.2. The zero-order valence-electron chi connectivity index (χ0n) is 7.98. The highest BCUT2D eigenvalue weighted by Gasteiger charge is 2.09. The van der Waals surface area contributed by atoms with Gasteiger partial charge in [-0.15, -0.1) is 11.8 Å². The molecule has 0 spiro atoms. The second kappa shape index (κ2) is 6.48. The van der Waals surface area contributed by atoms with Crippen LogP contribution >= 0.6 is 11.8 Å². The molecule has 0 aliphatic rings. The fourth-order valence-corrected chi connectivity index (χ4v) is 1.35. The van der Waals surface area contributed by atoms with Gasteiger partial charge >= 0.3 is 0 Å². The lowest BCUT2D eigenvalue weighted by atomic mass is 10.3. The lowest BCUT2D eigenvalue weighted by Gasteiger charge is -1.95. The third-order valence-corrected chi connectivity index (χ3v) is 2.07. The lowest BCUT2D eigenvalue weighted by molar-refractivity contribution is -0.387. The standard InChI is InChI=1S/C7H7NO2S.C2H6/c1-11-7-5-3-2-4-6(7)8(9)10;1-2/h2-5H,1H3;1-2H3. The molecule has 4 heteroatoms. The van der Waals surface area contributed by atoms with Gasteiger partial charge in [0.15, 0.2) is 0 Å². The van der Waals surface area contributed by atoms with Gasteiger partial charge in [-0.2, -0.15) is 0 Å². The first-order chi connectivity index (χ1) is 6.25.